The van der Waals surface area contributed by atoms with Gasteiger partial charge in [0.1, 0.15) is 0 Å². The van der Waals surface area contributed by atoms with Crippen LogP contribution >= 0.6 is 0 Å². The van der Waals surface area contributed by atoms with Gasteiger partial charge in [-0.25, -0.2) is 21.9 Å². The molecule has 174 valence electrons. The van der Waals surface area contributed by atoms with Crippen molar-refractivity contribution in [2.24, 2.45) is 0 Å². The molecule has 1 aromatic heterocycles. The van der Waals surface area contributed by atoms with Crippen LogP contribution in [-0.4, -0.2) is 30.7 Å². The third-order valence-electron chi connectivity index (χ3n) is 5.01. The summed E-state index contributed by atoms with van der Waals surface area (Å²) in [5.74, 6) is -2.70. The molecule has 0 radical (unpaired) electrons. The maximum Gasteiger partial charge on any atom is 0.261 e. The maximum absolute atomic E-state index is 13.4. The topological polar surface area (TPSA) is 93.1 Å². The second-order valence-corrected chi connectivity index (χ2v) is 9.06. The van der Waals surface area contributed by atoms with Gasteiger partial charge in [0.15, 0.2) is 11.6 Å². The lowest BCUT2D eigenvalue weighted by atomic mass is 10.1. The van der Waals surface area contributed by atoms with Gasteiger partial charge in [-0.05, 0) is 72.6 Å². The van der Waals surface area contributed by atoms with Crippen molar-refractivity contribution in [1.82, 2.24) is 15.1 Å². The number of carbonyl (C=O) groups excluding carboxylic acids is 1. The van der Waals surface area contributed by atoms with Crippen molar-refractivity contribution in [1.29, 1.82) is 0 Å². The minimum atomic E-state index is -4.11. The molecule has 0 bridgehead atoms. The molecule has 0 aliphatic carbocycles. The second kappa shape index (κ2) is 9.84. The largest absolute Gasteiger partial charge is 0.352 e. The predicted molar refractivity (Wildman–Crippen MR) is 123 cm³/mol. The second-order valence-electron chi connectivity index (χ2n) is 7.38. The number of benzene rings is 3. The van der Waals surface area contributed by atoms with Gasteiger partial charge in [-0.3, -0.25) is 9.52 Å². The number of halogens is 2. The Labute approximate surface area is 195 Å². The minimum Gasteiger partial charge on any atom is -0.352 e. The summed E-state index contributed by atoms with van der Waals surface area (Å²) >= 11 is 0. The molecule has 0 saturated heterocycles. The van der Waals surface area contributed by atoms with E-state index in [4.69, 9.17) is 0 Å². The van der Waals surface area contributed by atoms with Crippen molar-refractivity contribution in [3.05, 3.63) is 108 Å². The Hall–Kier alpha value is -4.05. The zero-order valence-electron chi connectivity index (χ0n) is 17.8. The number of rotatable bonds is 8. The fourth-order valence-electron chi connectivity index (χ4n) is 3.21. The number of amides is 1. The lowest BCUT2D eigenvalue weighted by Crippen LogP contribution is -2.25. The van der Waals surface area contributed by atoms with E-state index in [0.29, 0.717) is 24.6 Å². The van der Waals surface area contributed by atoms with E-state index in [1.807, 2.05) is 36.5 Å². The van der Waals surface area contributed by atoms with E-state index >= 15 is 0 Å². The molecule has 1 heterocycles. The van der Waals surface area contributed by atoms with E-state index in [2.05, 4.69) is 15.1 Å². The number of hydrogen-bond donors (Lipinski definition) is 2. The lowest BCUT2D eigenvalue weighted by Gasteiger charge is -2.10. The number of nitrogens with one attached hydrogen (secondary N) is 2. The Morgan fingerprint density at radius 1 is 0.941 bits per heavy atom. The summed E-state index contributed by atoms with van der Waals surface area (Å²) in [5, 5.41) is 7.00. The van der Waals surface area contributed by atoms with Gasteiger partial charge >= 0.3 is 0 Å². The molecule has 3 aromatic carbocycles. The molecular weight excluding hydrogens is 462 g/mol. The summed E-state index contributed by atoms with van der Waals surface area (Å²) in [6.45, 7) is 0.421. The monoisotopic (exact) mass is 482 g/mol. The quantitative estimate of drug-likeness (QED) is 0.398. The SMILES string of the molecule is O=C(NCCc1ccc(-n2cccn2)cc1)c1ccc(NS(=O)(=O)c2ccc(F)c(F)c2)cc1. The highest BCUT2D eigenvalue weighted by Gasteiger charge is 2.17. The van der Waals surface area contributed by atoms with Crippen molar-refractivity contribution < 1.29 is 22.0 Å². The molecule has 0 aliphatic heterocycles. The van der Waals surface area contributed by atoms with Crippen LogP contribution in [0.5, 0.6) is 0 Å². The Balaban J connectivity index is 1.31. The van der Waals surface area contributed by atoms with E-state index in [-0.39, 0.29) is 11.6 Å². The van der Waals surface area contributed by atoms with Gasteiger partial charge in [0.05, 0.1) is 10.6 Å². The van der Waals surface area contributed by atoms with Crippen molar-refractivity contribution in [3.63, 3.8) is 0 Å². The van der Waals surface area contributed by atoms with E-state index in [1.54, 1.807) is 10.9 Å². The summed E-state index contributed by atoms with van der Waals surface area (Å²) in [6.07, 6.45) is 4.20. The van der Waals surface area contributed by atoms with Gasteiger partial charge in [0, 0.05) is 30.2 Å². The summed E-state index contributed by atoms with van der Waals surface area (Å²) < 4.78 is 55.2. The molecule has 4 rings (SSSR count). The zero-order chi connectivity index (χ0) is 24.1. The van der Waals surface area contributed by atoms with Crippen LogP contribution in [0.15, 0.2) is 90.1 Å². The van der Waals surface area contributed by atoms with Gasteiger partial charge in [-0.2, -0.15) is 5.10 Å². The highest BCUT2D eigenvalue weighted by atomic mass is 32.2. The van der Waals surface area contributed by atoms with Crippen LogP contribution in [0, 0.1) is 11.6 Å². The molecule has 0 saturated carbocycles. The first-order chi connectivity index (χ1) is 16.3. The summed E-state index contributed by atoms with van der Waals surface area (Å²) in [6, 6.07) is 17.8. The third-order valence-corrected chi connectivity index (χ3v) is 6.38. The lowest BCUT2D eigenvalue weighted by molar-refractivity contribution is 0.0954. The number of sulfonamides is 1. The van der Waals surface area contributed by atoms with E-state index in [9.17, 15) is 22.0 Å². The molecule has 10 heteroatoms. The fraction of sp³-hybridized carbons (Fsp3) is 0.0833. The number of aromatic nitrogens is 2. The first kappa shape index (κ1) is 23.1. The summed E-state index contributed by atoms with van der Waals surface area (Å²) in [7, 11) is -4.11. The number of anilines is 1. The molecule has 34 heavy (non-hydrogen) atoms. The molecule has 7 nitrogen and oxygen atoms in total. The Bertz CT molecular complexity index is 1390. The van der Waals surface area contributed by atoms with E-state index in [0.717, 1.165) is 23.4 Å². The van der Waals surface area contributed by atoms with E-state index in [1.165, 1.54) is 24.3 Å². The van der Waals surface area contributed by atoms with Crippen molar-refractivity contribution >= 4 is 21.6 Å². The smallest absolute Gasteiger partial charge is 0.261 e. The standard InChI is InChI=1S/C24H20F2N4O3S/c25-22-11-10-21(16-23(22)26)34(32,33)29-19-6-4-18(5-7-19)24(31)27-14-12-17-2-8-20(9-3-17)30-15-1-13-28-30/h1-11,13,15-16,29H,12,14H2,(H,27,31). The van der Waals surface area contributed by atoms with Gasteiger partial charge in [-0.15, -0.1) is 0 Å². The maximum atomic E-state index is 13.4. The summed E-state index contributed by atoms with van der Waals surface area (Å²) in [5.41, 5.74) is 2.53. The number of hydrogen-bond acceptors (Lipinski definition) is 4. The molecular formula is C24H20F2N4O3S. The Kier molecular flexibility index (Phi) is 6.69. The highest BCUT2D eigenvalue weighted by Crippen LogP contribution is 2.19. The molecule has 0 aliphatic rings. The third kappa shape index (κ3) is 5.46. The first-order valence-corrected chi connectivity index (χ1v) is 11.8. The van der Waals surface area contributed by atoms with Crippen LogP contribution < -0.4 is 10.0 Å². The predicted octanol–water partition coefficient (Wildman–Crippen LogP) is 3.92. The van der Waals surface area contributed by atoms with Gasteiger partial charge in [-0.1, -0.05) is 12.1 Å². The molecule has 0 fully saturated rings. The molecule has 0 atom stereocenters. The average Bonchev–Trinajstić information content (AvgIpc) is 3.36. The van der Waals surface area contributed by atoms with Crippen LogP contribution in [-0.2, 0) is 16.4 Å². The van der Waals surface area contributed by atoms with Crippen LogP contribution in [0.3, 0.4) is 0 Å². The Morgan fingerprint density at radius 2 is 1.68 bits per heavy atom. The van der Waals surface area contributed by atoms with Crippen LogP contribution in [0.1, 0.15) is 15.9 Å². The first-order valence-electron chi connectivity index (χ1n) is 10.3. The average molecular weight is 483 g/mol. The van der Waals surface area contributed by atoms with Gasteiger partial charge in [0.25, 0.3) is 15.9 Å². The number of nitrogens with zero attached hydrogens (tertiary/aromatic N) is 2. The molecule has 2 N–H and O–H groups in total. The van der Waals surface area contributed by atoms with Gasteiger partial charge in [0.2, 0.25) is 0 Å². The fourth-order valence-corrected chi connectivity index (χ4v) is 4.28. The van der Waals surface area contributed by atoms with E-state index < -0.39 is 26.6 Å². The highest BCUT2D eigenvalue weighted by molar-refractivity contribution is 7.92. The van der Waals surface area contributed by atoms with Crippen LogP contribution in [0.4, 0.5) is 14.5 Å². The van der Waals surface area contributed by atoms with Gasteiger partial charge < -0.3 is 5.32 Å². The van der Waals surface area contributed by atoms with Crippen LogP contribution in [0.25, 0.3) is 5.69 Å². The molecule has 0 unspecified atom stereocenters. The van der Waals surface area contributed by atoms with Crippen molar-refractivity contribution in [2.45, 2.75) is 11.3 Å². The molecule has 4 aromatic rings. The number of carbonyl (C=O) groups is 1. The van der Waals surface area contributed by atoms with Crippen LogP contribution in [0.2, 0.25) is 0 Å². The summed E-state index contributed by atoms with van der Waals surface area (Å²) in [4.78, 5) is 12.0. The normalized spacial score (nSPS) is 11.2. The zero-order valence-corrected chi connectivity index (χ0v) is 18.6. The van der Waals surface area contributed by atoms with Crippen molar-refractivity contribution in [2.75, 3.05) is 11.3 Å². The molecule has 1 amide bonds. The Morgan fingerprint density at radius 3 is 2.32 bits per heavy atom. The molecule has 0 spiro atoms. The minimum absolute atomic E-state index is 0.179. The van der Waals surface area contributed by atoms with Crippen molar-refractivity contribution in [3.8, 4) is 5.69 Å².